The lowest BCUT2D eigenvalue weighted by Crippen LogP contribution is -1.90. The standard InChI is InChI=1S/C20H15FN2OS/c1-2-24-18-8-6-15(7-9-18)19-13-25-20(23-19)16(12-22)10-14-4-3-5-17(21)11-14/h3-11,13H,2H2,1H3. The van der Waals surface area contributed by atoms with E-state index in [4.69, 9.17) is 4.74 Å². The SMILES string of the molecule is CCOc1ccc(-c2csc(C(C#N)=Cc3cccc(F)c3)n2)cc1. The van der Waals surface area contributed by atoms with Crippen molar-refractivity contribution >= 4 is 23.0 Å². The zero-order valence-electron chi connectivity index (χ0n) is 13.6. The van der Waals surface area contributed by atoms with Crippen LogP contribution in [0.1, 0.15) is 17.5 Å². The molecular formula is C20H15FN2OS. The monoisotopic (exact) mass is 350 g/mol. The fourth-order valence-electron chi connectivity index (χ4n) is 2.32. The molecule has 0 bridgehead atoms. The second kappa shape index (κ2) is 7.73. The van der Waals surface area contributed by atoms with Crippen LogP contribution in [0.15, 0.2) is 53.9 Å². The Hall–Kier alpha value is -2.97. The first-order valence-electron chi connectivity index (χ1n) is 7.76. The summed E-state index contributed by atoms with van der Waals surface area (Å²) in [5, 5.41) is 11.9. The Kier molecular flexibility index (Phi) is 5.22. The van der Waals surface area contributed by atoms with Crippen molar-refractivity contribution in [2.24, 2.45) is 0 Å². The molecule has 25 heavy (non-hydrogen) atoms. The summed E-state index contributed by atoms with van der Waals surface area (Å²) in [7, 11) is 0. The van der Waals surface area contributed by atoms with Gasteiger partial charge in [0.2, 0.25) is 0 Å². The molecule has 0 radical (unpaired) electrons. The van der Waals surface area contributed by atoms with E-state index in [0.717, 1.165) is 17.0 Å². The van der Waals surface area contributed by atoms with Crippen LogP contribution in [0.25, 0.3) is 22.9 Å². The molecule has 0 fully saturated rings. The molecule has 0 saturated heterocycles. The van der Waals surface area contributed by atoms with E-state index in [0.29, 0.717) is 22.8 Å². The van der Waals surface area contributed by atoms with Gasteiger partial charge < -0.3 is 4.74 Å². The van der Waals surface area contributed by atoms with Crippen molar-refractivity contribution in [3.63, 3.8) is 0 Å². The largest absolute Gasteiger partial charge is 0.494 e. The first kappa shape index (κ1) is 16.9. The van der Waals surface area contributed by atoms with E-state index in [-0.39, 0.29) is 5.82 Å². The quantitative estimate of drug-likeness (QED) is 0.578. The average Bonchev–Trinajstić information content (AvgIpc) is 3.10. The van der Waals surface area contributed by atoms with E-state index < -0.39 is 0 Å². The van der Waals surface area contributed by atoms with Gasteiger partial charge in [-0.25, -0.2) is 9.37 Å². The van der Waals surface area contributed by atoms with E-state index in [2.05, 4.69) is 11.1 Å². The molecule has 1 aromatic heterocycles. The number of thiazole rings is 1. The Morgan fingerprint density at radius 2 is 2.08 bits per heavy atom. The van der Waals surface area contributed by atoms with Crippen LogP contribution >= 0.6 is 11.3 Å². The first-order valence-corrected chi connectivity index (χ1v) is 8.64. The Bertz CT molecular complexity index is 939. The molecule has 0 aliphatic heterocycles. The van der Waals surface area contributed by atoms with E-state index in [1.54, 1.807) is 18.2 Å². The number of ether oxygens (including phenoxy) is 1. The van der Waals surface area contributed by atoms with Crippen molar-refractivity contribution in [2.45, 2.75) is 6.92 Å². The second-order valence-corrected chi connectivity index (χ2v) is 6.08. The van der Waals surface area contributed by atoms with Gasteiger partial charge in [-0.1, -0.05) is 12.1 Å². The second-order valence-electron chi connectivity index (χ2n) is 5.22. The third kappa shape index (κ3) is 4.11. The topological polar surface area (TPSA) is 45.9 Å². The van der Waals surface area contributed by atoms with E-state index >= 15 is 0 Å². The highest BCUT2D eigenvalue weighted by molar-refractivity contribution is 7.11. The summed E-state index contributed by atoms with van der Waals surface area (Å²) < 4.78 is 18.7. The van der Waals surface area contributed by atoms with Crippen LogP contribution in [0.4, 0.5) is 4.39 Å². The number of hydrogen-bond acceptors (Lipinski definition) is 4. The number of nitriles is 1. The van der Waals surface area contributed by atoms with Crippen molar-refractivity contribution in [1.29, 1.82) is 5.26 Å². The first-order chi connectivity index (χ1) is 12.2. The maximum Gasteiger partial charge on any atom is 0.134 e. The molecule has 3 aromatic rings. The van der Waals surface area contributed by atoms with Gasteiger partial charge in [-0.2, -0.15) is 5.26 Å². The molecule has 0 aliphatic carbocycles. The molecule has 0 amide bonds. The van der Waals surface area contributed by atoms with Crippen LogP contribution in [0.3, 0.4) is 0 Å². The number of hydrogen-bond donors (Lipinski definition) is 0. The van der Waals surface area contributed by atoms with Crippen molar-refractivity contribution < 1.29 is 9.13 Å². The highest BCUT2D eigenvalue weighted by Gasteiger charge is 2.09. The van der Waals surface area contributed by atoms with E-state index in [1.807, 2.05) is 36.6 Å². The molecule has 0 saturated carbocycles. The van der Waals surface area contributed by atoms with Gasteiger partial charge in [0.05, 0.1) is 17.9 Å². The third-order valence-corrected chi connectivity index (χ3v) is 4.35. The molecule has 1 heterocycles. The molecule has 0 N–H and O–H groups in total. The Morgan fingerprint density at radius 1 is 1.28 bits per heavy atom. The Morgan fingerprint density at radius 3 is 2.76 bits per heavy atom. The van der Waals surface area contributed by atoms with Gasteiger partial charge in [0.1, 0.15) is 22.6 Å². The molecule has 124 valence electrons. The fraction of sp³-hybridized carbons (Fsp3) is 0.100. The number of allylic oxidation sites excluding steroid dienone is 1. The lowest BCUT2D eigenvalue weighted by molar-refractivity contribution is 0.340. The van der Waals surface area contributed by atoms with Gasteiger partial charge in [0, 0.05) is 10.9 Å². The van der Waals surface area contributed by atoms with Crippen LogP contribution in [0, 0.1) is 17.1 Å². The normalized spacial score (nSPS) is 11.2. The van der Waals surface area contributed by atoms with Crippen molar-refractivity contribution in [1.82, 2.24) is 4.98 Å². The van der Waals surface area contributed by atoms with E-state index in [9.17, 15) is 9.65 Å². The van der Waals surface area contributed by atoms with Crippen molar-refractivity contribution in [2.75, 3.05) is 6.61 Å². The summed E-state index contributed by atoms with van der Waals surface area (Å²) in [4.78, 5) is 4.54. The molecule has 2 aromatic carbocycles. The zero-order valence-corrected chi connectivity index (χ0v) is 14.4. The van der Waals surface area contributed by atoms with Gasteiger partial charge >= 0.3 is 0 Å². The maximum absolute atomic E-state index is 13.3. The van der Waals surface area contributed by atoms with Crippen molar-refractivity contribution in [3.05, 3.63) is 70.3 Å². The third-order valence-electron chi connectivity index (χ3n) is 3.48. The van der Waals surface area contributed by atoms with Gasteiger partial charge in [0.15, 0.2) is 0 Å². The van der Waals surface area contributed by atoms with Crippen LogP contribution in [-0.2, 0) is 0 Å². The van der Waals surface area contributed by atoms with Gasteiger partial charge in [-0.15, -0.1) is 11.3 Å². The zero-order chi connectivity index (χ0) is 17.6. The fourth-order valence-corrected chi connectivity index (χ4v) is 3.12. The molecule has 0 aliphatic rings. The minimum Gasteiger partial charge on any atom is -0.494 e. The Balaban J connectivity index is 1.87. The van der Waals surface area contributed by atoms with Crippen LogP contribution < -0.4 is 4.74 Å². The maximum atomic E-state index is 13.3. The molecule has 3 nitrogen and oxygen atoms in total. The summed E-state index contributed by atoms with van der Waals surface area (Å²) in [6.45, 7) is 2.56. The Labute approximate surface area is 149 Å². The summed E-state index contributed by atoms with van der Waals surface area (Å²) in [5.74, 6) is 0.477. The van der Waals surface area contributed by atoms with Gasteiger partial charge in [-0.05, 0) is 55.0 Å². The minimum atomic E-state index is -0.333. The molecule has 5 heteroatoms. The molecule has 0 atom stereocenters. The molecule has 0 spiro atoms. The highest BCUT2D eigenvalue weighted by Crippen LogP contribution is 2.28. The number of nitrogens with zero attached hydrogens (tertiary/aromatic N) is 2. The minimum absolute atomic E-state index is 0.333. The van der Waals surface area contributed by atoms with Crippen LogP contribution in [0.2, 0.25) is 0 Å². The van der Waals surface area contributed by atoms with Gasteiger partial charge in [0.25, 0.3) is 0 Å². The van der Waals surface area contributed by atoms with E-state index in [1.165, 1.54) is 23.5 Å². The van der Waals surface area contributed by atoms with Crippen molar-refractivity contribution in [3.8, 4) is 23.1 Å². The summed E-state index contributed by atoms with van der Waals surface area (Å²) in [5.41, 5.74) is 2.79. The molecule has 0 unspecified atom stereocenters. The number of aromatic nitrogens is 1. The highest BCUT2D eigenvalue weighted by atomic mass is 32.1. The number of halogens is 1. The average molecular weight is 350 g/mol. The lowest BCUT2D eigenvalue weighted by Gasteiger charge is -2.03. The molecule has 3 rings (SSSR count). The summed E-state index contributed by atoms with van der Waals surface area (Å²) >= 11 is 1.39. The lowest BCUT2D eigenvalue weighted by atomic mass is 10.1. The summed E-state index contributed by atoms with van der Waals surface area (Å²) in [6.07, 6.45) is 1.64. The van der Waals surface area contributed by atoms with Crippen LogP contribution in [0.5, 0.6) is 5.75 Å². The number of benzene rings is 2. The smallest absolute Gasteiger partial charge is 0.134 e. The summed E-state index contributed by atoms with van der Waals surface area (Å²) in [6, 6.07) is 15.9. The van der Waals surface area contributed by atoms with Gasteiger partial charge in [-0.3, -0.25) is 0 Å². The predicted molar refractivity (Wildman–Crippen MR) is 98.6 cm³/mol. The number of rotatable bonds is 5. The van der Waals surface area contributed by atoms with Crippen LogP contribution in [-0.4, -0.2) is 11.6 Å². The molecular weight excluding hydrogens is 335 g/mol. The predicted octanol–water partition coefficient (Wildman–Crippen LogP) is 5.41.